The average Bonchev–Trinajstić information content (AvgIpc) is 1.82. The highest BCUT2D eigenvalue weighted by atomic mass is 16.2. The van der Waals surface area contributed by atoms with Crippen molar-refractivity contribution < 1.29 is 0 Å². The molecular formula is C4H6N4O2. The number of aromatic amines is 2. The van der Waals surface area contributed by atoms with Gasteiger partial charge in [-0.2, -0.15) is 0 Å². The second-order valence-electron chi connectivity index (χ2n) is 1.74. The van der Waals surface area contributed by atoms with Crippen molar-refractivity contribution in [1.82, 2.24) is 9.97 Å². The SMILES string of the molecule is Nc1[nH]c(=O)[nH][13c](=O)[13c]1N. The van der Waals surface area contributed by atoms with Crippen molar-refractivity contribution in [2.75, 3.05) is 11.5 Å². The predicted octanol–water partition coefficient (Wildman–Crippen LogP) is -1.77. The van der Waals surface area contributed by atoms with E-state index in [1.165, 1.54) is 0 Å². The minimum atomic E-state index is -0.666. The van der Waals surface area contributed by atoms with Crippen LogP contribution in [0.3, 0.4) is 0 Å². The fourth-order valence-electron chi connectivity index (χ4n) is 0.514. The summed E-state index contributed by atoms with van der Waals surface area (Å²) < 4.78 is 0. The van der Waals surface area contributed by atoms with E-state index in [0.717, 1.165) is 0 Å². The number of H-pyrrole nitrogens is 2. The maximum atomic E-state index is 10.6. The lowest BCUT2D eigenvalue weighted by Gasteiger charge is -1.93. The first kappa shape index (κ1) is 6.40. The number of nitrogens with one attached hydrogen (secondary N) is 2. The number of nitrogen functional groups attached to an aromatic ring is 2. The topological polar surface area (TPSA) is 118 Å². The van der Waals surface area contributed by atoms with Gasteiger partial charge in [-0.05, 0) is 0 Å². The smallest absolute Gasteiger partial charge is 0.327 e. The van der Waals surface area contributed by atoms with E-state index in [-0.39, 0.29) is 11.5 Å². The molecule has 0 saturated heterocycles. The van der Waals surface area contributed by atoms with Crippen LogP contribution in [-0.2, 0) is 0 Å². The third-order valence-electron chi connectivity index (χ3n) is 1.01. The molecule has 1 aromatic rings. The Hall–Kier alpha value is -1.72. The first-order valence-corrected chi connectivity index (χ1v) is 2.49. The van der Waals surface area contributed by atoms with Gasteiger partial charge in [0.05, 0.1) is 0 Å². The normalized spacial score (nSPS) is 9.60. The number of rotatable bonds is 0. The molecule has 1 rings (SSSR count). The molecule has 0 aliphatic carbocycles. The number of hydrogen-bond acceptors (Lipinski definition) is 4. The summed E-state index contributed by atoms with van der Waals surface area (Å²) in [4.78, 5) is 25.0. The molecule has 1 aromatic heterocycles. The van der Waals surface area contributed by atoms with Gasteiger partial charge in [-0.1, -0.05) is 0 Å². The first-order chi connectivity index (χ1) is 4.61. The van der Waals surface area contributed by atoms with Crippen LogP contribution in [0.4, 0.5) is 11.5 Å². The van der Waals surface area contributed by atoms with Crippen LogP contribution in [0.5, 0.6) is 0 Å². The molecule has 6 heteroatoms. The van der Waals surface area contributed by atoms with E-state index in [1.54, 1.807) is 0 Å². The Morgan fingerprint density at radius 2 is 1.70 bits per heavy atom. The zero-order valence-corrected chi connectivity index (χ0v) is 4.97. The molecule has 0 fully saturated rings. The number of nitrogens with two attached hydrogens (primary N) is 2. The van der Waals surface area contributed by atoms with Crippen LogP contribution in [0.2, 0.25) is 0 Å². The highest BCUT2D eigenvalue weighted by Gasteiger charge is 1.98. The van der Waals surface area contributed by atoms with Gasteiger partial charge in [0.25, 0.3) is 5.56 Å². The van der Waals surface area contributed by atoms with Gasteiger partial charge in [0.2, 0.25) is 0 Å². The molecule has 0 bridgehead atoms. The molecule has 10 heavy (non-hydrogen) atoms. The summed E-state index contributed by atoms with van der Waals surface area (Å²) >= 11 is 0. The number of aromatic nitrogens is 2. The maximum Gasteiger partial charge on any atom is 0.327 e. The molecule has 0 spiro atoms. The van der Waals surface area contributed by atoms with Gasteiger partial charge < -0.3 is 11.5 Å². The molecule has 0 aromatic carbocycles. The van der Waals surface area contributed by atoms with E-state index >= 15 is 0 Å². The van der Waals surface area contributed by atoms with E-state index < -0.39 is 11.2 Å². The molecule has 0 unspecified atom stereocenters. The van der Waals surface area contributed by atoms with Crippen LogP contribution in [0.1, 0.15) is 0 Å². The quantitative estimate of drug-likeness (QED) is 0.344. The van der Waals surface area contributed by atoms with Crippen LogP contribution >= 0.6 is 0 Å². The molecule has 0 aliphatic heterocycles. The Labute approximate surface area is 54.9 Å². The van der Waals surface area contributed by atoms with E-state index in [1.807, 2.05) is 4.98 Å². The molecule has 0 atom stereocenters. The third-order valence-corrected chi connectivity index (χ3v) is 1.01. The van der Waals surface area contributed by atoms with Gasteiger partial charge in [0.1, 0.15) is 11.5 Å². The minimum absolute atomic E-state index is 0.103. The van der Waals surface area contributed by atoms with E-state index in [9.17, 15) is 9.59 Å². The first-order valence-electron chi connectivity index (χ1n) is 2.49. The lowest BCUT2D eigenvalue weighted by atomic mass is 10.9. The fraction of sp³-hybridized carbons (Fsp3) is 0. The summed E-state index contributed by atoms with van der Waals surface area (Å²) in [6.07, 6.45) is 0. The molecule has 0 saturated carbocycles. The van der Waals surface area contributed by atoms with Crippen LogP contribution in [-0.4, -0.2) is 9.97 Å². The van der Waals surface area contributed by atoms with Crippen molar-refractivity contribution in [2.45, 2.75) is 0 Å². The third kappa shape index (κ3) is 0.859. The zero-order valence-electron chi connectivity index (χ0n) is 4.97. The lowest BCUT2D eigenvalue weighted by Crippen LogP contribution is -2.26. The van der Waals surface area contributed by atoms with Gasteiger partial charge in [-0.25, -0.2) is 4.79 Å². The minimum Gasteiger partial charge on any atom is -0.391 e. The van der Waals surface area contributed by atoms with Crippen LogP contribution < -0.4 is 22.7 Å². The molecule has 0 aliphatic rings. The maximum absolute atomic E-state index is 10.6. The second-order valence-corrected chi connectivity index (χ2v) is 1.74. The summed E-state index contributed by atoms with van der Waals surface area (Å²) in [5.41, 5.74) is 8.74. The zero-order chi connectivity index (χ0) is 7.72. The average molecular weight is 144 g/mol. The van der Waals surface area contributed by atoms with Crippen molar-refractivity contribution in [1.29, 1.82) is 0 Å². The van der Waals surface area contributed by atoms with Crippen molar-refractivity contribution in [3.05, 3.63) is 20.8 Å². The Morgan fingerprint density at radius 1 is 1.10 bits per heavy atom. The Bertz CT molecular complexity index is 349. The van der Waals surface area contributed by atoms with Crippen molar-refractivity contribution in [3.8, 4) is 0 Å². The number of anilines is 2. The van der Waals surface area contributed by atoms with Crippen molar-refractivity contribution >= 4 is 11.5 Å². The highest BCUT2D eigenvalue weighted by Crippen LogP contribution is 1.96. The van der Waals surface area contributed by atoms with Crippen LogP contribution in [0.25, 0.3) is 0 Å². The van der Waals surface area contributed by atoms with Gasteiger partial charge >= 0.3 is 5.69 Å². The van der Waals surface area contributed by atoms with E-state index in [4.69, 9.17) is 11.5 Å². The highest BCUT2D eigenvalue weighted by molar-refractivity contribution is 5.55. The summed E-state index contributed by atoms with van der Waals surface area (Å²) in [5, 5.41) is 0. The summed E-state index contributed by atoms with van der Waals surface area (Å²) in [7, 11) is 0. The van der Waals surface area contributed by atoms with Gasteiger partial charge in [0, 0.05) is 0 Å². The summed E-state index contributed by atoms with van der Waals surface area (Å²) in [6, 6.07) is 0. The standard InChI is InChI=1S/C4H6N4O2/c5-1-2(6)7-4(10)8-3(1)9/h5H2,(H4,6,7,8,9,10)/i1+1,3+1. The largest absolute Gasteiger partial charge is 0.391 e. The molecule has 54 valence electrons. The lowest BCUT2D eigenvalue weighted by molar-refractivity contribution is 1.05. The van der Waals surface area contributed by atoms with Crippen LogP contribution in [0.15, 0.2) is 9.59 Å². The molecule has 6 N–H and O–H groups in total. The summed E-state index contributed by atoms with van der Waals surface area (Å²) in [5.74, 6) is -0.103. The fourth-order valence-corrected chi connectivity index (χ4v) is 0.514. The molecule has 6 nitrogen and oxygen atoms in total. The molecule has 1 heterocycles. The number of hydrogen-bond donors (Lipinski definition) is 4. The van der Waals surface area contributed by atoms with Crippen molar-refractivity contribution in [2.24, 2.45) is 0 Å². The summed E-state index contributed by atoms with van der Waals surface area (Å²) in [6.45, 7) is 0. The second kappa shape index (κ2) is 1.90. The van der Waals surface area contributed by atoms with Gasteiger partial charge in [0.15, 0.2) is 0 Å². The van der Waals surface area contributed by atoms with Crippen LogP contribution in [0, 0.1) is 0 Å². The predicted molar refractivity (Wildman–Crippen MR) is 36.5 cm³/mol. The van der Waals surface area contributed by atoms with Crippen molar-refractivity contribution in [3.63, 3.8) is 0 Å². The Balaban J connectivity index is 3.62. The molecular weight excluding hydrogens is 138 g/mol. The monoisotopic (exact) mass is 144 g/mol. The van der Waals surface area contributed by atoms with E-state index in [2.05, 4.69) is 4.98 Å². The van der Waals surface area contributed by atoms with Gasteiger partial charge in [-0.15, -0.1) is 0 Å². The van der Waals surface area contributed by atoms with E-state index in [0.29, 0.717) is 0 Å². The molecule has 0 radical (unpaired) electrons. The Kier molecular flexibility index (Phi) is 1.22. The van der Waals surface area contributed by atoms with Gasteiger partial charge in [-0.3, -0.25) is 14.8 Å². The molecule has 0 amide bonds. The Morgan fingerprint density at radius 3 is 2.20 bits per heavy atom.